The van der Waals surface area contributed by atoms with Gasteiger partial charge in [0, 0.05) is 17.5 Å². The molecule has 0 saturated carbocycles. The molecule has 1 aliphatic carbocycles. The Bertz CT molecular complexity index is 1110. The van der Waals surface area contributed by atoms with E-state index in [1.54, 1.807) is 17.6 Å². The zero-order chi connectivity index (χ0) is 21.8. The van der Waals surface area contributed by atoms with E-state index in [2.05, 4.69) is 54.4 Å². The van der Waals surface area contributed by atoms with E-state index in [9.17, 15) is 9.59 Å². The number of amides is 1. The Balaban J connectivity index is 1.42. The highest BCUT2D eigenvalue weighted by Crippen LogP contribution is 2.37. The third-order valence-electron chi connectivity index (χ3n) is 6.51. The SMILES string of the molecule is CN(CC[C@@]1(C=O)CCc2ccc(C(=O)NO)cc2C1)Cc1ccc2ccccc2c1. The molecule has 2 N–H and O–H groups in total. The summed E-state index contributed by atoms with van der Waals surface area (Å²) >= 11 is 0. The summed E-state index contributed by atoms with van der Waals surface area (Å²) in [5.74, 6) is -0.528. The zero-order valence-electron chi connectivity index (χ0n) is 17.8. The van der Waals surface area contributed by atoms with Crippen LogP contribution in [0.25, 0.3) is 10.8 Å². The number of nitrogens with zero attached hydrogens (tertiary/aromatic N) is 1. The molecular formula is C26H28N2O3. The van der Waals surface area contributed by atoms with E-state index in [0.717, 1.165) is 44.2 Å². The Hall–Kier alpha value is -3.02. The minimum absolute atomic E-state index is 0.413. The van der Waals surface area contributed by atoms with Crippen molar-refractivity contribution in [2.75, 3.05) is 13.6 Å². The van der Waals surface area contributed by atoms with Crippen molar-refractivity contribution in [2.24, 2.45) is 5.41 Å². The van der Waals surface area contributed by atoms with Crippen molar-refractivity contribution in [3.05, 3.63) is 82.9 Å². The first-order valence-corrected chi connectivity index (χ1v) is 10.7. The van der Waals surface area contributed by atoms with E-state index in [1.807, 2.05) is 6.07 Å². The number of rotatable bonds is 7. The number of nitrogens with one attached hydrogen (secondary N) is 1. The molecule has 31 heavy (non-hydrogen) atoms. The van der Waals surface area contributed by atoms with E-state index >= 15 is 0 Å². The molecule has 5 nitrogen and oxygen atoms in total. The number of hydroxylamine groups is 1. The number of aldehydes is 1. The van der Waals surface area contributed by atoms with Gasteiger partial charge in [-0.15, -0.1) is 0 Å². The summed E-state index contributed by atoms with van der Waals surface area (Å²) in [7, 11) is 2.09. The lowest BCUT2D eigenvalue weighted by Gasteiger charge is -2.35. The average molecular weight is 417 g/mol. The Labute approximate surface area is 182 Å². The van der Waals surface area contributed by atoms with Crippen LogP contribution in [0.15, 0.2) is 60.7 Å². The molecular weight excluding hydrogens is 388 g/mol. The molecule has 0 heterocycles. The van der Waals surface area contributed by atoms with Crippen LogP contribution in [0.5, 0.6) is 0 Å². The van der Waals surface area contributed by atoms with Crippen molar-refractivity contribution in [3.8, 4) is 0 Å². The number of benzene rings is 3. The number of carbonyl (C=O) groups is 2. The van der Waals surface area contributed by atoms with Crippen LogP contribution < -0.4 is 5.48 Å². The second kappa shape index (κ2) is 9.00. The molecule has 0 aromatic heterocycles. The van der Waals surface area contributed by atoms with Gasteiger partial charge < -0.3 is 9.69 Å². The van der Waals surface area contributed by atoms with Crippen LogP contribution >= 0.6 is 0 Å². The molecule has 5 heteroatoms. The summed E-state index contributed by atoms with van der Waals surface area (Å²) in [6.07, 6.45) is 4.15. The van der Waals surface area contributed by atoms with Gasteiger partial charge in [-0.05, 0) is 84.9 Å². The van der Waals surface area contributed by atoms with E-state index in [0.29, 0.717) is 12.0 Å². The molecule has 0 spiro atoms. The summed E-state index contributed by atoms with van der Waals surface area (Å²) in [6.45, 7) is 1.65. The summed E-state index contributed by atoms with van der Waals surface area (Å²) < 4.78 is 0. The molecule has 0 unspecified atom stereocenters. The van der Waals surface area contributed by atoms with Crippen molar-refractivity contribution in [2.45, 2.75) is 32.2 Å². The number of hydrogen-bond donors (Lipinski definition) is 2. The average Bonchev–Trinajstić information content (AvgIpc) is 2.81. The molecule has 0 aliphatic heterocycles. The molecule has 4 rings (SSSR count). The van der Waals surface area contributed by atoms with Crippen molar-refractivity contribution in [1.29, 1.82) is 0 Å². The van der Waals surface area contributed by atoms with Gasteiger partial charge in [0.25, 0.3) is 5.91 Å². The van der Waals surface area contributed by atoms with Gasteiger partial charge in [-0.1, -0.05) is 42.5 Å². The van der Waals surface area contributed by atoms with Gasteiger partial charge in [0.05, 0.1) is 0 Å². The number of aryl methyl sites for hydroxylation is 1. The van der Waals surface area contributed by atoms with E-state index in [4.69, 9.17) is 5.21 Å². The standard InChI is InChI=1S/C26H28N2O3/c1-28(17-19-6-7-20-4-2-3-5-22(20)14-19)13-12-26(18-29)11-10-21-8-9-23(25(30)27-31)15-24(21)16-26/h2-9,14-15,18,31H,10-13,16-17H2,1H3,(H,27,30)/t26-/m0/s1. The van der Waals surface area contributed by atoms with Crippen molar-refractivity contribution < 1.29 is 14.8 Å². The van der Waals surface area contributed by atoms with Crippen molar-refractivity contribution >= 4 is 23.0 Å². The highest BCUT2D eigenvalue weighted by molar-refractivity contribution is 5.93. The first kappa shape index (κ1) is 21.2. The van der Waals surface area contributed by atoms with Crippen molar-refractivity contribution in [1.82, 2.24) is 10.4 Å². The molecule has 0 saturated heterocycles. The highest BCUT2D eigenvalue weighted by Gasteiger charge is 2.34. The molecule has 160 valence electrons. The Morgan fingerprint density at radius 3 is 2.68 bits per heavy atom. The van der Waals surface area contributed by atoms with Crippen LogP contribution in [0.4, 0.5) is 0 Å². The second-order valence-electron chi connectivity index (χ2n) is 8.75. The largest absolute Gasteiger partial charge is 0.303 e. The number of carbonyl (C=O) groups excluding carboxylic acids is 2. The minimum atomic E-state index is -0.528. The number of hydrogen-bond acceptors (Lipinski definition) is 4. The summed E-state index contributed by atoms with van der Waals surface area (Å²) in [4.78, 5) is 26.2. The predicted octanol–water partition coefficient (Wildman–Crippen LogP) is 4.15. The van der Waals surface area contributed by atoms with Gasteiger partial charge in [-0.25, -0.2) is 5.48 Å². The summed E-state index contributed by atoms with van der Waals surface area (Å²) in [6, 6.07) is 20.4. The monoisotopic (exact) mass is 416 g/mol. The molecule has 0 fully saturated rings. The molecule has 1 amide bonds. The van der Waals surface area contributed by atoms with E-state index < -0.39 is 11.3 Å². The van der Waals surface area contributed by atoms with E-state index in [1.165, 1.54) is 21.9 Å². The van der Waals surface area contributed by atoms with Crippen molar-refractivity contribution in [3.63, 3.8) is 0 Å². The van der Waals surface area contributed by atoms with E-state index in [-0.39, 0.29) is 0 Å². The Morgan fingerprint density at radius 2 is 1.90 bits per heavy atom. The van der Waals surface area contributed by atoms with Crippen LogP contribution in [0.3, 0.4) is 0 Å². The smallest absolute Gasteiger partial charge is 0.274 e. The highest BCUT2D eigenvalue weighted by atomic mass is 16.5. The second-order valence-corrected chi connectivity index (χ2v) is 8.75. The molecule has 1 aliphatic rings. The fraction of sp³-hybridized carbons (Fsp3) is 0.308. The minimum Gasteiger partial charge on any atom is -0.303 e. The maximum Gasteiger partial charge on any atom is 0.274 e. The fourth-order valence-corrected chi connectivity index (χ4v) is 4.61. The lowest BCUT2D eigenvalue weighted by molar-refractivity contribution is -0.117. The third-order valence-corrected chi connectivity index (χ3v) is 6.51. The lowest BCUT2D eigenvalue weighted by atomic mass is 9.70. The van der Waals surface area contributed by atoms with Crippen LogP contribution in [0, 0.1) is 5.41 Å². The first-order chi connectivity index (χ1) is 15.0. The quantitative estimate of drug-likeness (QED) is 0.345. The number of fused-ring (bicyclic) bond motifs is 2. The molecule has 0 bridgehead atoms. The fourth-order valence-electron chi connectivity index (χ4n) is 4.61. The van der Waals surface area contributed by atoms with Gasteiger partial charge in [-0.2, -0.15) is 0 Å². The lowest BCUT2D eigenvalue weighted by Crippen LogP contribution is -2.35. The Kier molecular flexibility index (Phi) is 6.16. The van der Waals surface area contributed by atoms with Crippen LogP contribution in [0.2, 0.25) is 0 Å². The molecule has 3 aromatic rings. The Morgan fingerprint density at radius 1 is 1.10 bits per heavy atom. The van der Waals surface area contributed by atoms with Crippen LogP contribution in [-0.2, 0) is 24.2 Å². The first-order valence-electron chi connectivity index (χ1n) is 10.7. The maximum absolute atomic E-state index is 12.1. The third kappa shape index (κ3) is 4.68. The molecule has 3 aromatic carbocycles. The summed E-state index contributed by atoms with van der Waals surface area (Å²) in [5, 5.41) is 11.4. The maximum atomic E-state index is 12.1. The van der Waals surface area contributed by atoms with Gasteiger partial charge in [0.1, 0.15) is 6.29 Å². The topological polar surface area (TPSA) is 69.6 Å². The molecule has 0 radical (unpaired) electrons. The van der Waals surface area contributed by atoms with Gasteiger partial charge in [0.2, 0.25) is 0 Å². The summed E-state index contributed by atoms with van der Waals surface area (Å²) in [5.41, 5.74) is 5.14. The van der Waals surface area contributed by atoms with Gasteiger partial charge >= 0.3 is 0 Å². The van der Waals surface area contributed by atoms with Crippen LogP contribution in [-0.4, -0.2) is 35.9 Å². The van der Waals surface area contributed by atoms with Gasteiger partial charge in [0.15, 0.2) is 0 Å². The van der Waals surface area contributed by atoms with Crippen LogP contribution in [0.1, 0.15) is 39.9 Å². The zero-order valence-corrected chi connectivity index (χ0v) is 17.8. The van der Waals surface area contributed by atoms with Gasteiger partial charge in [-0.3, -0.25) is 10.0 Å². The molecule has 1 atom stereocenters. The predicted molar refractivity (Wildman–Crippen MR) is 121 cm³/mol. The normalized spacial score (nSPS) is 18.0.